The van der Waals surface area contributed by atoms with E-state index in [4.69, 9.17) is 8.94 Å². The molecular formula is C16H21N3O3. The second-order valence-corrected chi connectivity index (χ2v) is 6.57. The summed E-state index contributed by atoms with van der Waals surface area (Å²) in [6.07, 6.45) is 6.90. The van der Waals surface area contributed by atoms with Crippen LogP contribution in [0.1, 0.15) is 38.0 Å². The summed E-state index contributed by atoms with van der Waals surface area (Å²) in [4.78, 5) is 6.74. The smallest absolute Gasteiger partial charge is 0.241 e. The first kappa shape index (κ1) is 14.0. The summed E-state index contributed by atoms with van der Waals surface area (Å²) in [6, 6.07) is 3.63. The predicted octanol–water partition coefficient (Wildman–Crippen LogP) is 2.46. The third kappa shape index (κ3) is 2.46. The maximum Gasteiger partial charge on any atom is 0.241 e. The van der Waals surface area contributed by atoms with Crippen LogP contribution in [0.5, 0.6) is 0 Å². The highest BCUT2D eigenvalue weighted by atomic mass is 16.5. The third-order valence-corrected chi connectivity index (χ3v) is 5.12. The fourth-order valence-electron chi connectivity index (χ4n) is 4.01. The van der Waals surface area contributed by atoms with Gasteiger partial charge < -0.3 is 14.0 Å². The number of nitrogens with zero attached hydrogens (tertiary/aromatic N) is 3. The molecule has 2 aromatic rings. The van der Waals surface area contributed by atoms with Gasteiger partial charge in [0.15, 0.2) is 5.76 Å². The van der Waals surface area contributed by atoms with Gasteiger partial charge in [-0.05, 0) is 44.4 Å². The molecule has 0 aromatic carbocycles. The van der Waals surface area contributed by atoms with Gasteiger partial charge in [0.1, 0.15) is 0 Å². The van der Waals surface area contributed by atoms with E-state index in [0.717, 1.165) is 45.2 Å². The average molecular weight is 303 g/mol. The summed E-state index contributed by atoms with van der Waals surface area (Å²) >= 11 is 0. The third-order valence-electron chi connectivity index (χ3n) is 5.12. The second-order valence-electron chi connectivity index (χ2n) is 6.57. The minimum atomic E-state index is -0.156. The van der Waals surface area contributed by atoms with Gasteiger partial charge >= 0.3 is 0 Å². The number of likely N-dealkylation sites (tertiary alicyclic amines) is 1. The maximum atomic E-state index is 10.3. The lowest BCUT2D eigenvalue weighted by atomic mass is 9.77. The van der Waals surface area contributed by atoms with Crippen molar-refractivity contribution in [3.05, 3.63) is 24.3 Å². The molecule has 0 radical (unpaired) electrons. The van der Waals surface area contributed by atoms with E-state index in [2.05, 4.69) is 15.0 Å². The largest absolute Gasteiger partial charge is 0.461 e. The Morgan fingerprint density at radius 1 is 1.36 bits per heavy atom. The zero-order valence-corrected chi connectivity index (χ0v) is 12.6. The normalized spacial score (nSPS) is 29.4. The number of furan rings is 1. The fourth-order valence-corrected chi connectivity index (χ4v) is 4.01. The van der Waals surface area contributed by atoms with Crippen LogP contribution >= 0.6 is 0 Å². The van der Waals surface area contributed by atoms with Crippen molar-refractivity contribution in [2.24, 2.45) is 5.41 Å². The maximum absolute atomic E-state index is 10.3. The Morgan fingerprint density at radius 3 is 3.05 bits per heavy atom. The lowest BCUT2D eigenvalue weighted by molar-refractivity contribution is -0.0145. The van der Waals surface area contributed by atoms with E-state index in [1.54, 1.807) is 12.3 Å². The molecule has 1 saturated heterocycles. The molecule has 6 nitrogen and oxygen atoms in total. The number of hydrogen-bond donors (Lipinski definition) is 1. The van der Waals surface area contributed by atoms with Crippen LogP contribution in [0.3, 0.4) is 0 Å². The topological polar surface area (TPSA) is 75.5 Å². The van der Waals surface area contributed by atoms with Crippen molar-refractivity contribution in [1.29, 1.82) is 0 Å². The van der Waals surface area contributed by atoms with Crippen molar-refractivity contribution in [3.63, 3.8) is 0 Å². The Morgan fingerprint density at radius 2 is 2.27 bits per heavy atom. The van der Waals surface area contributed by atoms with Crippen molar-refractivity contribution in [2.45, 2.75) is 44.8 Å². The number of aliphatic hydroxyl groups is 1. The van der Waals surface area contributed by atoms with Gasteiger partial charge in [0.2, 0.25) is 11.7 Å². The van der Waals surface area contributed by atoms with Crippen LogP contribution in [0.4, 0.5) is 0 Å². The second kappa shape index (κ2) is 5.52. The molecule has 4 rings (SSSR count). The molecule has 0 bridgehead atoms. The van der Waals surface area contributed by atoms with Crippen LogP contribution in [0, 0.1) is 5.41 Å². The number of rotatable bonds is 3. The highest BCUT2D eigenvalue weighted by Gasteiger charge is 2.44. The molecule has 0 amide bonds. The molecule has 1 saturated carbocycles. The fraction of sp³-hybridized carbons (Fsp3) is 0.625. The first-order valence-corrected chi connectivity index (χ1v) is 8.02. The summed E-state index contributed by atoms with van der Waals surface area (Å²) in [5.74, 6) is 1.72. The monoisotopic (exact) mass is 303 g/mol. The lowest BCUT2D eigenvalue weighted by Gasteiger charge is -2.42. The van der Waals surface area contributed by atoms with Crippen LogP contribution in [0.2, 0.25) is 0 Å². The molecular weight excluding hydrogens is 282 g/mol. The van der Waals surface area contributed by atoms with Crippen molar-refractivity contribution in [2.75, 3.05) is 13.1 Å². The zero-order valence-electron chi connectivity index (χ0n) is 12.6. The molecule has 1 aliphatic carbocycles. The van der Waals surface area contributed by atoms with Gasteiger partial charge in [-0.25, -0.2) is 0 Å². The Hall–Kier alpha value is -1.66. The Labute approximate surface area is 129 Å². The average Bonchev–Trinajstić information content (AvgIpc) is 3.22. The molecule has 22 heavy (non-hydrogen) atoms. The molecule has 118 valence electrons. The minimum Gasteiger partial charge on any atom is -0.461 e. The summed E-state index contributed by atoms with van der Waals surface area (Å²) in [7, 11) is 0. The molecule has 3 heterocycles. The van der Waals surface area contributed by atoms with E-state index < -0.39 is 0 Å². The van der Waals surface area contributed by atoms with Crippen LogP contribution in [0.15, 0.2) is 27.3 Å². The van der Waals surface area contributed by atoms with E-state index in [0.29, 0.717) is 24.0 Å². The van der Waals surface area contributed by atoms with Gasteiger partial charge in [-0.1, -0.05) is 11.6 Å². The Bertz CT molecular complexity index is 624. The van der Waals surface area contributed by atoms with E-state index in [1.807, 2.05) is 6.07 Å². The standard InChI is InChI=1S/C16H21N3O3/c20-13-5-1-6-16(13)7-3-8-19(11-16)10-14-17-15(18-22-14)12-4-2-9-21-12/h2,4,9,13,20H,1,3,5-8,10-11H2/t13-,16-/m1/s1. The van der Waals surface area contributed by atoms with Gasteiger partial charge in [-0.3, -0.25) is 4.90 Å². The van der Waals surface area contributed by atoms with Crippen LogP contribution in [-0.2, 0) is 6.54 Å². The van der Waals surface area contributed by atoms with Gasteiger partial charge in [0.05, 0.1) is 18.9 Å². The van der Waals surface area contributed by atoms with Crippen LogP contribution in [-0.4, -0.2) is 39.3 Å². The molecule has 1 N–H and O–H groups in total. The van der Waals surface area contributed by atoms with E-state index in [1.165, 1.54) is 0 Å². The van der Waals surface area contributed by atoms with Crippen LogP contribution in [0.25, 0.3) is 11.6 Å². The van der Waals surface area contributed by atoms with Crippen molar-refractivity contribution in [1.82, 2.24) is 15.0 Å². The quantitative estimate of drug-likeness (QED) is 0.938. The number of hydrogen-bond acceptors (Lipinski definition) is 6. The van der Waals surface area contributed by atoms with E-state index in [9.17, 15) is 5.11 Å². The number of aromatic nitrogens is 2. The highest BCUT2D eigenvalue weighted by molar-refractivity contribution is 5.44. The lowest BCUT2D eigenvalue weighted by Crippen LogP contribution is -2.46. The number of piperidine rings is 1. The molecule has 2 fully saturated rings. The molecule has 6 heteroatoms. The Kier molecular flexibility index (Phi) is 3.50. The summed E-state index contributed by atoms with van der Waals surface area (Å²) in [6.45, 7) is 2.59. The van der Waals surface area contributed by atoms with E-state index >= 15 is 0 Å². The van der Waals surface area contributed by atoms with Gasteiger partial charge in [-0.2, -0.15) is 4.98 Å². The van der Waals surface area contributed by atoms with Crippen molar-refractivity contribution in [3.8, 4) is 11.6 Å². The molecule has 1 spiro atoms. The van der Waals surface area contributed by atoms with Crippen LogP contribution < -0.4 is 0 Å². The van der Waals surface area contributed by atoms with Crippen molar-refractivity contribution >= 4 is 0 Å². The minimum absolute atomic E-state index is 0.0854. The molecule has 1 aliphatic heterocycles. The van der Waals surface area contributed by atoms with Crippen molar-refractivity contribution < 1.29 is 14.0 Å². The highest BCUT2D eigenvalue weighted by Crippen LogP contribution is 2.45. The van der Waals surface area contributed by atoms with E-state index in [-0.39, 0.29) is 11.5 Å². The first-order chi connectivity index (χ1) is 10.8. The van der Waals surface area contributed by atoms with Gasteiger partial charge in [-0.15, -0.1) is 0 Å². The first-order valence-electron chi connectivity index (χ1n) is 8.02. The molecule has 0 unspecified atom stereocenters. The summed E-state index contributed by atoms with van der Waals surface area (Å²) in [5, 5.41) is 14.3. The molecule has 2 aliphatic rings. The molecule has 2 atom stereocenters. The predicted molar refractivity (Wildman–Crippen MR) is 78.8 cm³/mol. The van der Waals surface area contributed by atoms with Gasteiger partial charge in [0, 0.05) is 12.0 Å². The Balaban J connectivity index is 1.45. The summed E-state index contributed by atoms with van der Waals surface area (Å²) in [5.41, 5.74) is 0.0854. The SMILES string of the molecule is O[C@@H]1CCC[C@]12CCCN(Cc1nc(-c3ccco3)no1)C2. The number of aliphatic hydroxyl groups excluding tert-OH is 1. The summed E-state index contributed by atoms with van der Waals surface area (Å²) < 4.78 is 10.6. The molecule has 2 aromatic heterocycles. The zero-order chi connectivity index (χ0) is 15.0. The van der Waals surface area contributed by atoms with Gasteiger partial charge in [0.25, 0.3) is 0 Å².